The quantitative estimate of drug-likeness (QED) is 0.423. The third-order valence-electron chi connectivity index (χ3n) is 0.566. The second kappa shape index (κ2) is 10.6. The van der Waals surface area contributed by atoms with Crippen LogP contribution in [-0.4, -0.2) is 4.98 Å². The minimum atomic E-state index is 0. The van der Waals surface area contributed by atoms with Crippen LogP contribution in [0.15, 0.2) is 30.6 Å². The molecule has 1 rings (SSSR count). The Labute approximate surface area is 68.0 Å². The van der Waals surface area contributed by atoms with E-state index in [0.29, 0.717) is 0 Å². The van der Waals surface area contributed by atoms with E-state index < -0.39 is 0 Å². The van der Waals surface area contributed by atoms with Crippen LogP contribution >= 0.6 is 0 Å². The van der Waals surface area contributed by atoms with Crippen molar-refractivity contribution in [3.8, 4) is 0 Å². The molecule has 0 radical (unpaired) electrons. The van der Waals surface area contributed by atoms with Crippen molar-refractivity contribution in [3.05, 3.63) is 45.4 Å². The molecule has 1 aromatic rings. The standard InChI is InChI=1S/C5H5N.2CH3.Fe/c1-2-4-6-5-3-1;;;/h1-5H;2*1H3;/q;2*-1;+2. The zero-order chi connectivity index (χ0) is 4.24. The minimum Gasteiger partial charge on any atom is -0.358 e. The van der Waals surface area contributed by atoms with E-state index in [-0.39, 0.29) is 31.9 Å². The number of nitrogens with zero attached hydrogens (tertiary/aromatic N) is 1. The summed E-state index contributed by atoms with van der Waals surface area (Å²) in [6.45, 7) is 0. The van der Waals surface area contributed by atoms with Gasteiger partial charge in [0, 0.05) is 12.4 Å². The van der Waals surface area contributed by atoms with Gasteiger partial charge in [-0.05, 0) is 12.1 Å². The SMILES string of the molecule is [CH3-].[CH3-].[Fe+2].c1ccncc1. The van der Waals surface area contributed by atoms with Gasteiger partial charge in [-0.2, -0.15) is 0 Å². The van der Waals surface area contributed by atoms with Crippen LogP contribution in [0.25, 0.3) is 0 Å². The van der Waals surface area contributed by atoms with E-state index in [4.69, 9.17) is 0 Å². The van der Waals surface area contributed by atoms with Gasteiger partial charge in [0.2, 0.25) is 0 Å². The summed E-state index contributed by atoms with van der Waals surface area (Å²) in [5.74, 6) is 0. The van der Waals surface area contributed by atoms with Crippen molar-refractivity contribution >= 4 is 0 Å². The van der Waals surface area contributed by atoms with E-state index in [1.807, 2.05) is 18.2 Å². The third kappa shape index (κ3) is 7.67. The molecule has 9 heavy (non-hydrogen) atoms. The van der Waals surface area contributed by atoms with Gasteiger partial charge in [-0.15, -0.1) is 0 Å². The molecule has 0 spiro atoms. The van der Waals surface area contributed by atoms with Crippen LogP contribution in [0.1, 0.15) is 0 Å². The predicted octanol–water partition coefficient (Wildman–Crippen LogP) is 1.98. The van der Waals surface area contributed by atoms with Gasteiger partial charge in [-0.1, -0.05) is 6.07 Å². The van der Waals surface area contributed by atoms with Gasteiger partial charge in [0.1, 0.15) is 0 Å². The first kappa shape index (κ1) is 15.9. The second-order valence-corrected chi connectivity index (χ2v) is 1.02. The summed E-state index contributed by atoms with van der Waals surface area (Å²) in [5.41, 5.74) is 0. The van der Waals surface area contributed by atoms with E-state index in [9.17, 15) is 0 Å². The maximum absolute atomic E-state index is 3.78. The van der Waals surface area contributed by atoms with Crippen molar-refractivity contribution in [1.29, 1.82) is 0 Å². The van der Waals surface area contributed by atoms with Crippen molar-refractivity contribution in [2.24, 2.45) is 0 Å². The molecule has 0 saturated carbocycles. The number of aromatic nitrogens is 1. The second-order valence-electron chi connectivity index (χ2n) is 1.02. The monoisotopic (exact) mass is 165 g/mol. The maximum Gasteiger partial charge on any atom is 2.00 e. The Bertz CT molecular complexity index is 80.8. The fourth-order valence-electron chi connectivity index (χ4n) is 0.313. The van der Waals surface area contributed by atoms with Gasteiger partial charge in [0.05, 0.1) is 0 Å². The largest absolute Gasteiger partial charge is 2.00 e. The number of hydrogen-bond acceptors (Lipinski definition) is 1. The maximum atomic E-state index is 3.78. The van der Waals surface area contributed by atoms with Crippen LogP contribution in [0.5, 0.6) is 0 Å². The molecule has 1 aromatic heterocycles. The normalized spacial score (nSPS) is 5.33. The van der Waals surface area contributed by atoms with E-state index >= 15 is 0 Å². The molecule has 0 aliphatic carbocycles. The first-order valence-corrected chi connectivity index (χ1v) is 1.85. The van der Waals surface area contributed by atoms with Gasteiger partial charge in [-0.3, -0.25) is 4.98 Å². The van der Waals surface area contributed by atoms with Crippen LogP contribution in [0.3, 0.4) is 0 Å². The summed E-state index contributed by atoms with van der Waals surface area (Å²) in [6, 6.07) is 5.72. The van der Waals surface area contributed by atoms with Crippen molar-refractivity contribution in [2.45, 2.75) is 0 Å². The molecule has 1 heterocycles. The molecule has 0 aromatic carbocycles. The van der Waals surface area contributed by atoms with Gasteiger partial charge >= 0.3 is 17.1 Å². The van der Waals surface area contributed by atoms with E-state index in [2.05, 4.69) is 4.98 Å². The molecule has 0 N–H and O–H groups in total. The average molecular weight is 165 g/mol. The first-order chi connectivity index (χ1) is 3.00. The third-order valence-corrected chi connectivity index (χ3v) is 0.566. The van der Waals surface area contributed by atoms with Gasteiger partial charge in [-0.25, -0.2) is 0 Å². The number of hydrogen-bond donors (Lipinski definition) is 0. The van der Waals surface area contributed by atoms with Crippen LogP contribution in [0.2, 0.25) is 0 Å². The van der Waals surface area contributed by atoms with Gasteiger partial charge in [0.25, 0.3) is 0 Å². The predicted molar refractivity (Wildman–Crippen MR) is 37.1 cm³/mol. The van der Waals surface area contributed by atoms with Crippen LogP contribution in [0, 0.1) is 14.9 Å². The van der Waals surface area contributed by atoms with Crippen LogP contribution < -0.4 is 0 Å². The van der Waals surface area contributed by atoms with Crippen molar-refractivity contribution < 1.29 is 17.1 Å². The molecule has 0 bridgehead atoms. The molecule has 0 aliphatic rings. The van der Waals surface area contributed by atoms with Gasteiger partial charge in [0.15, 0.2) is 0 Å². The molecule has 0 aliphatic heterocycles. The average Bonchev–Trinajstić information content (AvgIpc) is 1.72. The van der Waals surface area contributed by atoms with E-state index in [1.54, 1.807) is 12.4 Å². The Kier molecular flexibility index (Phi) is 18.7. The zero-order valence-electron chi connectivity index (χ0n) is 5.69. The fourth-order valence-corrected chi connectivity index (χ4v) is 0.313. The zero-order valence-corrected chi connectivity index (χ0v) is 6.79. The molecular weight excluding hydrogens is 154 g/mol. The molecule has 1 nitrogen and oxygen atoms in total. The Morgan fingerprint density at radius 2 is 1.22 bits per heavy atom. The van der Waals surface area contributed by atoms with Crippen molar-refractivity contribution in [2.75, 3.05) is 0 Å². The Morgan fingerprint density at radius 3 is 1.33 bits per heavy atom. The Balaban J connectivity index is -0.000000120. The van der Waals surface area contributed by atoms with E-state index in [0.717, 1.165) is 0 Å². The Hall–Kier alpha value is -0.331. The van der Waals surface area contributed by atoms with Crippen LogP contribution in [-0.2, 0) is 17.1 Å². The van der Waals surface area contributed by atoms with E-state index in [1.165, 1.54) is 0 Å². The molecule has 52 valence electrons. The Morgan fingerprint density at radius 1 is 0.778 bits per heavy atom. The molecule has 0 saturated heterocycles. The molecule has 0 atom stereocenters. The molecule has 0 amide bonds. The number of rotatable bonds is 0. The first-order valence-electron chi connectivity index (χ1n) is 1.85. The fraction of sp³-hybridized carbons (Fsp3) is 0. The van der Waals surface area contributed by atoms with Gasteiger partial charge < -0.3 is 14.9 Å². The van der Waals surface area contributed by atoms with Crippen molar-refractivity contribution in [1.82, 2.24) is 4.98 Å². The summed E-state index contributed by atoms with van der Waals surface area (Å²) in [7, 11) is 0. The molecular formula is C7H11FeN. The summed E-state index contributed by atoms with van der Waals surface area (Å²) in [6.07, 6.45) is 3.50. The van der Waals surface area contributed by atoms with Crippen molar-refractivity contribution in [3.63, 3.8) is 0 Å². The summed E-state index contributed by atoms with van der Waals surface area (Å²) in [4.78, 5) is 3.78. The molecule has 0 unspecified atom stereocenters. The summed E-state index contributed by atoms with van der Waals surface area (Å²) in [5, 5.41) is 0. The van der Waals surface area contributed by atoms with Crippen LogP contribution in [0.4, 0.5) is 0 Å². The summed E-state index contributed by atoms with van der Waals surface area (Å²) < 4.78 is 0. The topological polar surface area (TPSA) is 12.9 Å². The minimum absolute atomic E-state index is 0. The summed E-state index contributed by atoms with van der Waals surface area (Å²) >= 11 is 0. The smallest absolute Gasteiger partial charge is 0.358 e. The molecule has 0 fully saturated rings. The number of pyridine rings is 1. The molecule has 2 heteroatoms.